The van der Waals surface area contributed by atoms with E-state index in [9.17, 15) is 5.11 Å². The Labute approximate surface area is 109 Å². The number of nitrogens with one attached hydrogen (secondary N) is 1. The lowest BCUT2D eigenvalue weighted by atomic mass is 9.97. The summed E-state index contributed by atoms with van der Waals surface area (Å²) in [5, 5.41) is 13.8. The highest BCUT2D eigenvalue weighted by Gasteiger charge is 2.36. The Bertz CT molecular complexity index is 468. The van der Waals surface area contributed by atoms with Crippen molar-refractivity contribution >= 4 is 0 Å². The van der Waals surface area contributed by atoms with Crippen LogP contribution in [0.5, 0.6) is 5.75 Å². The third-order valence-electron chi connectivity index (χ3n) is 4.82. The summed E-state index contributed by atoms with van der Waals surface area (Å²) in [6.45, 7) is 7.84. The maximum Gasteiger partial charge on any atom is 0.120 e. The maximum absolute atomic E-state index is 10.1. The van der Waals surface area contributed by atoms with Crippen molar-refractivity contribution in [3.05, 3.63) is 28.8 Å². The van der Waals surface area contributed by atoms with Crippen molar-refractivity contribution in [1.82, 2.24) is 5.32 Å². The highest BCUT2D eigenvalue weighted by Crippen LogP contribution is 2.46. The highest BCUT2D eigenvalue weighted by molar-refractivity contribution is 5.50. The fraction of sp³-hybridized carbons (Fsp3) is 0.625. The average molecular weight is 245 g/mol. The van der Waals surface area contributed by atoms with Gasteiger partial charge in [0.05, 0.1) is 0 Å². The van der Waals surface area contributed by atoms with Crippen LogP contribution in [0.3, 0.4) is 0 Å². The normalized spacial score (nSPS) is 33.5. The number of aromatic hydroxyl groups is 1. The molecule has 0 saturated heterocycles. The molecule has 1 saturated carbocycles. The lowest BCUT2D eigenvalue weighted by Gasteiger charge is -2.15. The van der Waals surface area contributed by atoms with Gasteiger partial charge in [0.25, 0.3) is 0 Å². The highest BCUT2D eigenvalue weighted by atomic mass is 16.3. The monoisotopic (exact) mass is 245 g/mol. The van der Waals surface area contributed by atoms with Gasteiger partial charge in [-0.15, -0.1) is 0 Å². The zero-order chi connectivity index (χ0) is 12.9. The second-order valence-corrected chi connectivity index (χ2v) is 6.30. The first kappa shape index (κ1) is 12.0. The van der Waals surface area contributed by atoms with E-state index in [4.69, 9.17) is 0 Å². The van der Waals surface area contributed by atoms with Crippen molar-refractivity contribution in [2.45, 2.75) is 45.6 Å². The molecule has 3 rings (SSSR count). The van der Waals surface area contributed by atoms with Gasteiger partial charge < -0.3 is 10.4 Å². The van der Waals surface area contributed by atoms with Gasteiger partial charge in [-0.25, -0.2) is 0 Å². The minimum atomic E-state index is 0.350. The number of phenolic OH excluding ortho intramolecular Hbond substituents is 1. The first-order chi connectivity index (χ1) is 8.58. The van der Waals surface area contributed by atoms with E-state index in [2.05, 4.69) is 26.1 Å². The van der Waals surface area contributed by atoms with Gasteiger partial charge in [0.2, 0.25) is 0 Å². The zero-order valence-corrected chi connectivity index (χ0v) is 11.5. The molecule has 98 valence electrons. The van der Waals surface area contributed by atoms with Crippen LogP contribution in [0, 0.1) is 18.8 Å². The van der Waals surface area contributed by atoms with Crippen LogP contribution in [0.15, 0.2) is 12.1 Å². The predicted molar refractivity (Wildman–Crippen MR) is 73.9 cm³/mol. The van der Waals surface area contributed by atoms with Crippen molar-refractivity contribution < 1.29 is 5.11 Å². The number of benzene rings is 1. The molecule has 0 heterocycles. The molecule has 4 unspecified atom stereocenters. The Morgan fingerprint density at radius 3 is 2.61 bits per heavy atom. The molecule has 0 aromatic heterocycles. The van der Waals surface area contributed by atoms with Gasteiger partial charge in [0.1, 0.15) is 5.75 Å². The van der Waals surface area contributed by atoms with Gasteiger partial charge in [-0.3, -0.25) is 0 Å². The second kappa shape index (κ2) is 4.27. The third kappa shape index (κ3) is 1.93. The Hall–Kier alpha value is -1.02. The van der Waals surface area contributed by atoms with E-state index < -0.39 is 0 Å². The van der Waals surface area contributed by atoms with E-state index in [1.54, 1.807) is 0 Å². The van der Waals surface area contributed by atoms with Crippen molar-refractivity contribution in [1.29, 1.82) is 0 Å². The topological polar surface area (TPSA) is 32.3 Å². The molecule has 18 heavy (non-hydrogen) atoms. The fourth-order valence-corrected chi connectivity index (χ4v) is 3.51. The van der Waals surface area contributed by atoms with Crippen LogP contribution in [0.1, 0.15) is 55.3 Å². The van der Waals surface area contributed by atoms with E-state index in [0.29, 0.717) is 17.7 Å². The van der Waals surface area contributed by atoms with Crippen LogP contribution in [0.25, 0.3) is 0 Å². The average Bonchev–Trinajstić information content (AvgIpc) is 2.92. The summed E-state index contributed by atoms with van der Waals surface area (Å²) < 4.78 is 0. The van der Waals surface area contributed by atoms with Crippen molar-refractivity contribution in [2.24, 2.45) is 11.8 Å². The summed E-state index contributed by atoms with van der Waals surface area (Å²) in [4.78, 5) is 0. The van der Waals surface area contributed by atoms with E-state index in [-0.39, 0.29) is 0 Å². The SMILES string of the molecule is Cc1ccc(O)c2c1C(C)CC2NCC1CC1C. The maximum atomic E-state index is 10.1. The number of hydrogen-bond donors (Lipinski definition) is 2. The summed E-state index contributed by atoms with van der Waals surface area (Å²) in [5.74, 6) is 2.78. The molecule has 0 amide bonds. The zero-order valence-electron chi connectivity index (χ0n) is 11.5. The Morgan fingerprint density at radius 2 is 1.94 bits per heavy atom. The van der Waals surface area contributed by atoms with Gasteiger partial charge in [-0.2, -0.15) is 0 Å². The molecule has 0 bridgehead atoms. The first-order valence-electron chi connectivity index (χ1n) is 7.13. The third-order valence-corrected chi connectivity index (χ3v) is 4.82. The van der Waals surface area contributed by atoms with E-state index in [0.717, 1.165) is 30.4 Å². The number of hydrogen-bond acceptors (Lipinski definition) is 2. The second-order valence-electron chi connectivity index (χ2n) is 6.30. The molecule has 2 N–H and O–H groups in total. The van der Waals surface area contributed by atoms with Crippen LogP contribution in [-0.4, -0.2) is 11.7 Å². The molecule has 0 radical (unpaired) electrons. The Morgan fingerprint density at radius 1 is 1.22 bits per heavy atom. The predicted octanol–water partition coefficient (Wildman–Crippen LogP) is 3.49. The smallest absolute Gasteiger partial charge is 0.120 e. The molecule has 1 aromatic carbocycles. The van der Waals surface area contributed by atoms with Crippen LogP contribution in [-0.2, 0) is 0 Å². The van der Waals surface area contributed by atoms with Crippen LogP contribution in [0.2, 0.25) is 0 Å². The first-order valence-corrected chi connectivity index (χ1v) is 7.13. The van der Waals surface area contributed by atoms with E-state index >= 15 is 0 Å². The van der Waals surface area contributed by atoms with Crippen LogP contribution in [0.4, 0.5) is 0 Å². The standard InChI is InChI=1S/C16H23NO/c1-9-4-5-14(18)16-13(7-11(3)15(9)16)17-8-12-6-10(12)2/h4-5,10-13,17-18H,6-8H2,1-3H3. The molecule has 2 aliphatic carbocycles. The number of rotatable bonds is 3. The Balaban J connectivity index is 1.81. The molecule has 1 aromatic rings. The van der Waals surface area contributed by atoms with Gasteiger partial charge in [0, 0.05) is 11.6 Å². The number of fused-ring (bicyclic) bond motifs is 1. The van der Waals surface area contributed by atoms with Gasteiger partial charge in [0.15, 0.2) is 0 Å². The molecular weight excluding hydrogens is 222 g/mol. The molecule has 2 aliphatic rings. The van der Waals surface area contributed by atoms with Crippen molar-refractivity contribution in [2.75, 3.05) is 6.54 Å². The molecule has 0 spiro atoms. The molecule has 1 fully saturated rings. The minimum Gasteiger partial charge on any atom is -0.508 e. The summed E-state index contributed by atoms with van der Waals surface area (Å²) in [5.41, 5.74) is 3.85. The summed E-state index contributed by atoms with van der Waals surface area (Å²) >= 11 is 0. The largest absolute Gasteiger partial charge is 0.508 e. The minimum absolute atomic E-state index is 0.350. The molecule has 4 atom stereocenters. The van der Waals surface area contributed by atoms with Gasteiger partial charge in [-0.05, 0) is 61.3 Å². The van der Waals surface area contributed by atoms with E-state index in [1.165, 1.54) is 17.5 Å². The summed E-state index contributed by atoms with van der Waals surface area (Å²) in [6.07, 6.45) is 2.48. The number of phenols is 1. The molecule has 2 nitrogen and oxygen atoms in total. The number of aryl methyl sites for hydroxylation is 1. The quantitative estimate of drug-likeness (QED) is 0.854. The summed E-state index contributed by atoms with van der Waals surface area (Å²) in [7, 11) is 0. The van der Waals surface area contributed by atoms with Gasteiger partial charge in [-0.1, -0.05) is 19.9 Å². The van der Waals surface area contributed by atoms with Crippen LogP contribution >= 0.6 is 0 Å². The van der Waals surface area contributed by atoms with Gasteiger partial charge >= 0.3 is 0 Å². The molecule has 0 aliphatic heterocycles. The van der Waals surface area contributed by atoms with E-state index in [1.807, 2.05) is 12.1 Å². The molecule has 2 heteroatoms. The van der Waals surface area contributed by atoms with Crippen molar-refractivity contribution in [3.8, 4) is 5.75 Å². The fourth-order valence-electron chi connectivity index (χ4n) is 3.51. The molecular formula is C16H23NO. The van der Waals surface area contributed by atoms with Crippen molar-refractivity contribution in [3.63, 3.8) is 0 Å². The lowest BCUT2D eigenvalue weighted by molar-refractivity contribution is 0.439. The lowest BCUT2D eigenvalue weighted by Crippen LogP contribution is -2.22. The van der Waals surface area contributed by atoms with Crippen LogP contribution < -0.4 is 5.32 Å². The Kier molecular flexibility index (Phi) is 2.86. The summed E-state index contributed by atoms with van der Waals surface area (Å²) in [6, 6.07) is 4.24.